The molecule has 2 aromatic rings. The lowest BCUT2D eigenvalue weighted by Gasteiger charge is -2.34. The SMILES string of the molecule is O=C(Nc1ccc(F)cc1)N1CCN(C(=O)c2sccc2S(=O)(=O)N2CCSCC2)CC1. The number of hydrogen-bond donors (Lipinski definition) is 1. The van der Waals surface area contributed by atoms with E-state index >= 15 is 0 Å². The summed E-state index contributed by atoms with van der Waals surface area (Å²) in [7, 11) is -3.71. The number of thiophene rings is 1. The number of carbonyl (C=O) groups excluding carboxylic acids is 2. The second-order valence-corrected chi connectivity index (χ2v) is 11.4. The number of carbonyl (C=O) groups is 2. The Hall–Kier alpha value is -2.15. The average Bonchev–Trinajstić information content (AvgIpc) is 3.32. The molecule has 3 amide bonds. The fourth-order valence-electron chi connectivity index (χ4n) is 3.57. The molecule has 2 saturated heterocycles. The van der Waals surface area contributed by atoms with Gasteiger partial charge in [-0.1, -0.05) is 0 Å². The summed E-state index contributed by atoms with van der Waals surface area (Å²) in [6.07, 6.45) is 0. The van der Waals surface area contributed by atoms with Gasteiger partial charge in [-0.25, -0.2) is 17.6 Å². The molecule has 1 aromatic carbocycles. The first-order chi connectivity index (χ1) is 15.4. The molecule has 0 unspecified atom stereocenters. The second-order valence-electron chi connectivity index (χ2n) is 7.35. The maximum Gasteiger partial charge on any atom is 0.321 e. The Labute approximate surface area is 194 Å². The van der Waals surface area contributed by atoms with Gasteiger partial charge in [0.2, 0.25) is 10.0 Å². The Morgan fingerprint density at radius 3 is 2.19 bits per heavy atom. The third kappa shape index (κ3) is 4.92. The minimum absolute atomic E-state index is 0.0656. The summed E-state index contributed by atoms with van der Waals surface area (Å²) in [5.41, 5.74) is 0.486. The van der Waals surface area contributed by atoms with Crippen LogP contribution in [0.2, 0.25) is 0 Å². The van der Waals surface area contributed by atoms with Crippen molar-refractivity contribution in [1.29, 1.82) is 0 Å². The minimum atomic E-state index is -3.71. The van der Waals surface area contributed by atoms with Gasteiger partial charge in [-0.2, -0.15) is 16.1 Å². The van der Waals surface area contributed by atoms with Crippen LogP contribution in [0, 0.1) is 5.82 Å². The highest BCUT2D eigenvalue weighted by atomic mass is 32.2. The first-order valence-electron chi connectivity index (χ1n) is 10.1. The van der Waals surface area contributed by atoms with Crippen molar-refractivity contribution in [2.75, 3.05) is 56.1 Å². The van der Waals surface area contributed by atoms with Gasteiger partial charge in [0.05, 0.1) is 0 Å². The van der Waals surface area contributed by atoms with E-state index < -0.39 is 10.0 Å². The number of thioether (sulfide) groups is 1. The van der Waals surface area contributed by atoms with Crippen molar-refractivity contribution < 1.29 is 22.4 Å². The molecular weight excluding hydrogens is 475 g/mol. The molecule has 3 heterocycles. The Bertz CT molecular complexity index is 1080. The molecule has 2 fully saturated rings. The number of halogens is 1. The molecule has 12 heteroatoms. The molecule has 2 aliphatic heterocycles. The quantitative estimate of drug-likeness (QED) is 0.700. The van der Waals surface area contributed by atoms with E-state index in [9.17, 15) is 22.4 Å². The number of urea groups is 1. The fraction of sp³-hybridized carbons (Fsp3) is 0.400. The summed E-state index contributed by atoms with van der Waals surface area (Å²) in [6, 6.07) is 6.66. The normalized spacial score (nSPS) is 17.9. The Balaban J connectivity index is 1.38. The molecule has 0 bridgehead atoms. The van der Waals surface area contributed by atoms with Crippen molar-refractivity contribution in [3.05, 3.63) is 46.4 Å². The van der Waals surface area contributed by atoms with Gasteiger partial charge in [-0.05, 0) is 35.7 Å². The summed E-state index contributed by atoms with van der Waals surface area (Å²) >= 11 is 2.84. The van der Waals surface area contributed by atoms with Gasteiger partial charge in [0.15, 0.2) is 0 Å². The van der Waals surface area contributed by atoms with E-state index in [0.717, 1.165) is 22.8 Å². The number of benzene rings is 1. The fourth-order valence-corrected chi connectivity index (χ4v) is 7.51. The molecule has 172 valence electrons. The molecule has 1 aromatic heterocycles. The van der Waals surface area contributed by atoms with Crippen LogP contribution in [0.15, 0.2) is 40.6 Å². The van der Waals surface area contributed by atoms with E-state index in [1.165, 1.54) is 34.6 Å². The van der Waals surface area contributed by atoms with E-state index in [2.05, 4.69) is 5.32 Å². The molecule has 32 heavy (non-hydrogen) atoms. The number of nitrogens with one attached hydrogen (secondary N) is 1. The molecule has 0 saturated carbocycles. The lowest BCUT2D eigenvalue weighted by Crippen LogP contribution is -2.51. The third-order valence-corrected chi connectivity index (χ3v) is 9.28. The van der Waals surface area contributed by atoms with Gasteiger partial charge >= 0.3 is 6.03 Å². The van der Waals surface area contributed by atoms with E-state index in [1.54, 1.807) is 26.9 Å². The van der Waals surface area contributed by atoms with E-state index in [4.69, 9.17) is 0 Å². The van der Waals surface area contributed by atoms with Crippen LogP contribution in [0.5, 0.6) is 0 Å². The largest absolute Gasteiger partial charge is 0.334 e. The highest BCUT2D eigenvalue weighted by molar-refractivity contribution is 7.99. The van der Waals surface area contributed by atoms with Gasteiger partial charge in [-0.15, -0.1) is 11.3 Å². The van der Waals surface area contributed by atoms with Crippen molar-refractivity contribution >= 4 is 50.7 Å². The van der Waals surface area contributed by atoms with Crippen molar-refractivity contribution in [3.63, 3.8) is 0 Å². The second kappa shape index (κ2) is 9.77. The smallest absolute Gasteiger partial charge is 0.321 e. The molecule has 2 aliphatic rings. The molecule has 4 rings (SSSR count). The van der Waals surface area contributed by atoms with Gasteiger partial charge in [-0.3, -0.25) is 4.79 Å². The van der Waals surface area contributed by atoms with Crippen LogP contribution in [0.4, 0.5) is 14.9 Å². The van der Waals surface area contributed by atoms with Crippen LogP contribution >= 0.6 is 23.1 Å². The summed E-state index contributed by atoms with van der Waals surface area (Å²) in [6.45, 7) is 2.11. The molecule has 0 radical (unpaired) electrons. The zero-order chi connectivity index (χ0) is 22.7. The number of anilines is 1. The van der Waals surface area contributed by atoms with Crippen LogP contribution in [-0.4, -0.2) is 85.2 Å². The number of piperazine rings is 1. The van der Waals surface area contributed by atoms with Crippen molar-refractivity contribution in [2.24, 2.45) is 0 Å². The van der Waals surface area contributed by atoms with Crippen molar-refractivity contribution in [2.45, 2.75) is 4.90 Å². The lowest BCUT2D eigenvalue weighted by atomic mass is 10.3. The monoisotopic (exact) mass is 498 g/mol. The average molecular weight is 499 g/mol. The number of sulfonamides is 1. The van der Waals surface area contributed by atoms with Crippen LogP contribution in [0.1, 0.15) is 9.67 Å². The first kappa shape index (κ1) is 23.0. The summed E-state index contributed by atoms with van der Waals surface area (Å²) in [5, 5.41) is 4.34. The Kier molecular flexibility index (Phi) is 7.03. The highest BCUT2D eigenvalue weighted by Gasteiger charge is 2.33. The van der Waals surface area contributed by atoms with Gasteiger partial charge < -0.3 is 15.1 Å². The molecule has 0 atom stereocenters. The topological polar surface area (TPSA) is 90.0 Å². The molecule has 1 N–H and O–H groups in total. The van der Waals surface area contributed by atoms with Crippen LogP contribution in [0.3, 0.4) is 0 Å². The van der Waals surface area contributed by atoms with Crippen LogP contribution in [-0.2, 0) is 10.0 Å². The van der Waals surface area contributed by atoms with Crippen molar-refractivity contribution in [3.8, 4) is 0 Å². The Morgan fingerprint density at radius 1 is 0.906 bits per heavy atom. The number of hydrogen-bond acceptors (Lipinski definition) is 6. The maximum atomic E-state index is 13.1. The third-order valence-electron chi connectivity index (χ3n) is 5.36. The van der Waals surface area contributed by atoms with Crippen LogP contribution < -0.4 is 5.32 Å². The Morgan fingerprint density at radius 2 is 1.53 bits per heavy atom. The van der Waals surface area contributed by atoms with Crippen LogP contribution in [0.25, 0.3) is 0 Å². The zero-order valence-corrected chi connectivity index (χ0v) is 19.6. The number of rotatable bonds is 4. The number of nitrogens with zero attached hydrogens (tertiary/aromatic N) is 3. The maximum absolute atomic E-state index is 13.1. The molecule has 8 nitrogen and oxygen atoms in total. The highest BCUT2D eigenvalue weighted by Crippen LogP contribution is 2.28. The molecular formula is C20H23FN4O4S3. The summed E-state index contributed by atoms with van der Waals surface area (Å²) < 4.78 is 40.6. The van der Waals surface area contributed by atoms with E-state index in [1.807, 2.05) is 0 Å². The van der Waals surface area contributed by atoms with Crippen molar-refractivity contribution in [1.82, 2.24) is 14.1 Å². The summed E-state index contributed by atoms with van der Waals surface area (Å²) in [4.78, 5) is 29.0. The minimum Gasteiger partial charge on any atom is -0.334 e. The summed E-state index contributed by atoms with van der Waals surface area (Å²) in [5.74, 6) is 0.774. The first-order valence-corrected chi connectivity index (χ1v) is 13.6. The van der Waals surface area contributed by atoms with Gasteiger partial charge in [0.25, 0.3) is 5.91 Å². The standard InChI is InChI=1S/C20H23FN4O4S3/c21-15-1-3-16(4-2-15)22-20(27)24-8-6-23(7-9-24)19(26)18-17(5-12-31-18)32(28,29)25-10-13-30-14-11-25/h1-5,12H,6-11,13-14H2,(H,22,27). The predicted octanol–water partition coefficient (Wildman–Crippen LogP) is 2.61. The van der Waals surface area contributed by atoms with Gasteiger partial charge in [0, 0.05) is 56.5 Å². The molecule has 0 aliphatic carbocycles. The predicted molar refractivity (Wildman–Crippen MR) is 123 cm³/mol. The zero-order valence-electron chi connectivity index (χ0n) is 17.2. The van der Waals surface area contributed by atoms with E-state index in [0.29, 0.717) is 45.0 Å². The van der Waals surface area contributed by atoms with E-state index in [-0.39, 0.29) is 27.5 Å². The lowest BCUT2D eigenvalue weighted by molar-refractivity contribution is 0.0673. The number of amides is 3. The van der Waals surface area contributed by atoms with Gasteiger partial charge in [0.1, 0.15) is 15.6 Å². The molecule has 0 spiro atoms.